The van der Waals surface area contributed by atoms with Gasteiger partial charge in [0.1, 0.15) is 12.4 Å². The summed E-state index contributed by atoms with van der Waals surface area (Å²) in [4.78, 5) is 23.6. The molecule has 6 nitrogen and oxygen atoms in total. The number of hydrogen-bond donors (Lipinski definition) is 1. The molecule has 172 valence electrons. The van der Waals surface area contributed by atoms with Crippen LogP contribution in [0.5, 0.6) is 0 Å². The highest BCUT2D eigenvalue weighted by Gasteiger charge is 2.23. The summed E-state index contributed by atoms with van der Waals surface area (Å²) in [6.45, 7) is 0.731. The molecule has 1 heterocycles. The zero-order valence-corrected chi connectivity index (χ0v) is 18.3. The van der Waals surface area contributed by atoms with Gasteiger partial charge >= 0.3 is 5.97 Å². The second-order valence-corrected chi connectivity index (χ2v) is 8.60. The molecule has 4 rings (SSSR count). The van der Waals surface area contributed by atoms with Crippen LogP contribution >= 0.6 is 0 Å². The van der Waals surface area contributed by atoms with Gasteiger partial charge in [-0.2, -0.15) is 5.10 Å². The van der Waals surface area contributed by atoms with Gasteiger partial charge in [-0.3, -0.25) is 4.79 Å². The summed E-state index contributed by atoms with van der Waals surface area (Å²) in [6.07, 6.45) is 3.77. The van der Waals surface area contributed by atoms with Crippen molar-refractivity contribution in [2.75, 3.05) is 13.2 Å². The van der Waals surface area contributed by atoms with Gasteiger partial charge in [-0.1, -0.05) is 42.5 Å². The molecule has 1 saturated carbocycles. The van der Waals surface area contributed by atoms with Crippen LogP contribution in [0.15, 0.2) is 65.5 Å². The zero-order valence-electron chi connectivity index (χ0n) is 18.3. The van der Waals surface area contributed by atoms with Gasteiger partial charge in [-0.25, -0.2) is 13.9 Å². The number of nitrogens with zero attached hydrogens (tertiary/aromatic N) is 2. The summed E-state index contributed by atoms with van der Waals surface area (Å²) in [6, 6.07) is 17.4. The number of hydrogen-bond acceptors (Lipinski definition) is 4. The van der Waals surface area contributed by atoms with Crippen LogP contribution in [-0.4, -0.2) is 34.1 Å². The summed E-state index contributed by atoms with van der Waals surface area (Å²) >= 11 is 0. The minimum absolute atomic E-state index is 0.180. The molecule has 1 aromatic heterocycles. The van der Waals surface area contributed by atoms with Crippen molar-refractivity contribution in [3.63, 3.8) is 0 Å². The monoisotopic (exact) mass is 450 g/mol. The second kappa shape index (κ2) is 10.5. The van der Waals surface area contributed by atoms with E-state index in [0.29, 0.717) is 36.2 Å². The van der Waals surface area contributed by atoms with Crippen molar-refractivity contribution in [3.05, 3.63) is 76.8 Å². The molecule has 3 aromatic rings. The third kappa shape index (κ3) is 5.93. The third-order valence-electron chi connectivity index (χ3n) is 6.18. The Kier molecular flexibility index (Phi) is 7.29. The van der Waals surface area contributed by atoms with Crippen molar-refractivity contribution in [1.29, 1.82) is 0 Å². The first-order valence-electron chi connectivity index (χ1n) is 11.2. The van der Waals surface area contributed by atoms with Crippen molar-refractivity contribution < 1.29 is 19.0 Å². The first-order valence-corrected chi connectivity index (χ1v) is 11.2. The number of halogens is 1. The van der Waals surface area contributed by atoms with Crippen molar-refractivity contribution >= 4 is 5.97 Å². The van der Waals surface area contributed by atoms with E-state index in [-0.39, 0.29) is 18.0 Å². The number of aliphatic carboxylic acids is 1. The maximum atomic E-state index is 13.4. The maximum absolute atomic E-state index is 13.4. The fourth-order valence-corrected chi connectivity index (χ4v) is 4.42. The normalized spacial score (nSPS) is 18.2. The van der Waals surface area contributed by atoms with Crippen molar-refractivity contribution in [2.45, 2.75) is 32.2 Å². The Bertz CT molecular complexity index is 1140. The molecule has 0 amide bonds. The fraction of sp³-hybridized carbons (Fsp3) is 0.346. The van der Waals surface area contributed by atoms with Gasteiger partial charge < -0.3 is 9.84 Å². The number of benzene rings is 2. The van der Waals surface area contributed by atoms with Crippen LogP contribution in [-0.2, 0) is 16.1 Å². The van der Waals surface area contributed by atoms with E-state index in [1.165, 1.54) is 12.1 Å². The lowest BCUT2D eigenvalue weighted by atomic mass is 9.82. The molecule has 7 heteroatoms. The molecule has 33 heavy (non-hydrogen) atoms. The molecule has 1 N–H and O–H groups in total. The Balaban J connectivity index is 1.53. The Morgan fingerprint density at radius 1 is 1.00 bits per heavy atom. The van der Waals surface area contributed by atoms with Gasteiger partial charge in [0.05, 0.1) is 12.3 Å². The van der Waals surface area contributed by atoms with Gasteiger partial charge in [0.2, 0.25) is 0 Å². The molecule has 0 saturated heterocycles. The van der Waals surface area contributed by atoms with Crippen LogP contribution in [0.3, 0.4) is 0 Å². The molecule has 0 unspecified atom stereocenters. The zero-order chi connectivity index (χ0) is 23.2. The van der Waals surface area contributed by atoms with Crippen LogP contribution in [0.25, 0.3) is 22.4 Å². The Morgan fingerprint density at radius 2 is 1.67 bits per heavy atom. The maximum Gasteiger partial charge on any atom is 0.329 e. The topological polar surface area (TPSA) is 81.4 Å². The SMILES string of the molecule is O=C(O)COCC1CCC(Cn2nc(-c3ccccc3)c(-c3ccc(F)cc3)cc2=O)CC1. The molecule has 0 radical (unpaired) electrons. The fourth-order valence-electron chi connectivity index (χ4n) is 4.42. The molecule has 0 bridgehead atoms. The highest BCUT2D eigenvalue weighted by Crippen LogP contribution is 2.32. The average Bonchev–Trinajstić information content (AvgIpc) is 2.82. The minimum atomic E-state index is -0.951. The lowest BCUT2D eigenvalue weighted by Crippen LogP contribution is -2.29. The van der Waals surface area contributed by atoms with Crippen molar-refractivity contribution in [2.24, 2.45) is 11.8 Å². The van der Waals surface area contributed by atoms with E-state index in [0.717, 1.165) is 36.8 Å². The van der Waals surface area contributed by atoms with E-state index in [1.807, 2.05) is 30.3 Å². The van der Waals surface area contributed by atoms with Crippen molar-refractivity contribution in [1.82, 2.24) is 9.78 Å². The largest absolute Gasteiger partial charge is 0.480 e. The molecule has 1 fully saturated rings. The van der Waals surface area contributed by atoms with Crippen LogP contribution in [0.4, 0.5) is 4.39 Å². The van der Waals surface area contributed by atoms with E-state index in [1.54, 1.807) is 22.9 Å². The Morgan fingerprint density at radius 3 is 2.33 bits per heavy atom. The third-order valence-corrected chi connectivity index (χ3v) is 6.18. The van der Waals surface area contributed by atoms with E-state index in [9.17, 15) is 14.0 Å². The predicted octanol–water partition coefficient (Wildman–Crippen LogP) is 4.62. The van der Waals surface area contributed by atoms with Crippen LogP contribution in [0.1, 0.15) is 25.7 Å². The van der Waals surface area contributed by atoms with E-state index < -0.39 is 5.97 Å². The predicted molar refractivity (Wildman–Crippen MR) is 123 cm³/mol. The first kappa shape index (κ1) is 22.9. The van der Waals surface area contributed by atoms with Gasteiger partial charge in [-0.05, 0) is 55.2 Å². The Labute approximate surface area is 191 Å². The van der Waals surface area contributed by atoms with E-state index >= 15 is 0 Å². The van der Waals surface area contributed by atoms with Gasteiger partial charge in [0.25, 0.3) is 5.56 Å². The number of carboxylic acid groups (broad SMARTS) is 1. The van der Waals surface area contributed by atoms with Crippen molar-refractivity contribution in [3.8, 4) is 22.4 Å². The number of rotatable bonds is 8. The average molecular weight is 451 g/mol. The minimum Gasteiger partial charge on any atom is -0.480 e. The summed E-state index contributed by atoms with van der Waals surface area (Å²) in [5.41, 5.74) is 2.83. The number of aromatic nitrogens is 2. The summed E-state index contributed by atoms with van der Waals surface area (Å²) < 4.78 is 20.2. The number of carbonyl (C=O) groups is 1. The first-order chi connectivity index (χ1) is 16.0. The smallest absolute Gasteiger partial charge is 0.329 e. The molecular weight excluding hydrogens is 423 g/mol. The number of ether oxygens (including phenoxy) is 1. The van der Waals surface area contributed by atoms with Crippen LogP contribution in [0.2, 0.25) is 0 Å². The van der Waals surface area contributed by atoms with Gasteiger partial charge in [-0.15, -0.1) is 0 Å². The lowest BCUT2D eigenvalue weighted by Gasteiger charge is -2.28. The summed E-state index contributed by atoms with van der Waals surface area (Å²) in [5.74, 6) is -0.602. The molecule has 1 aliphatic carbocycles. The quantitative estimate of drug-likeness (QED) is 0.541. The standard InChI is InChI=1S/C26H27FN2O4/c27-22-12-10-20(11-13-22)23-14-24(30)29(28-26(23)21-4-2-1-3-5-21)15-18-6-8-19(9-7-18)16-33-17-25(31)32/h1-5,10-14,18-19H,6-9,15-17H2,(H,31,32). The molecule has 0 aliphatic heterocycles. The van der Waals surface area contributed by atoms with Crippen LogP contribution in [0, 0.1) is 17.7 Å². The van der Waals surface area contributed by atoms with E-state index in [2.05, 4.69) is 0 Å². The Hall–Kier alpha value is -3.32. The van der Waals surface area contributed by atoms with Crippen LogP contribution < -0.4 is 5.56 Å². The van der Waals surface area contributed by atoms with Gasteiger partial charge in [0.15, 0.2) is 0 Å². The molecule has 0 spiro atoms. The highest BCUT2D eigenvalue weighted by atomic mass is 19.1. The number of carboxylic acids is 1. The second-order valence-electron chi connectivity index (χ2n) is 8.60. The summed E-state index contributed by atoms with van der Waals surface area (Å²) in [5, 5.41) is 13.4. The molecule has 0 atom stereocenters. The highest BCUT2D eigenvalue weighted by molar-refractivity contribution is 5.80. The van der Waals surface area contributed by atoms with Gasteiger partial charge in [0, 0.05) is 23.7 Å². The molecule has 2 aromatic carbocycles. The lowest BCUT2D eigenvalue weighted by molar-refractivity contribution is -0.142. The van der Waals surface area contributed by atoms with E-state index in [4.69, 9.17) is 14.9 Å². The summed E-state index contributed by atoms with van der Waals surface area (Å²) in [7, 11) is 0. The molecule has 1 aliphatic rings. The molecular formula is C26H27FN2O4.